The van der Waals surface area contributed by atoms with Gasteiger partial charge < -0.3 is 40.0 Å². The second-order valence-corrected chi connectivity index (χ2v) is 31.4. The van der Waals surface area contributed by atoms with Gasteiger partial charge in [0, 0.05) is 58.3 Å². The molecule has 9 saturated carbocycles. The first-order chi connectivity index (χ1) is 40.7. The number of benzene rings is 3. The van der Waals surface area contributed by atoms with E-state index in [-0.39, 0.29) is 60.2 Å². The first-order valence-electron chi connectivity index (χ1n) is 33.9. The molecule has 5 N–H and O–H groups in total. The van der Waals surface area contributed by atoms with Crippen molar-refractivity contribution in [2.45, 2.75) is 209 Å². The van der Waals surface area contributed by atoms with Gasteiger partial charge in [-0.25, -0.2) is 4.79 Å². The van der Waals surface area contributed by atoms with Crippen LogP contribution in [0.3, 0.4) is 0 Å². The Bertz CT molecular complexity index is 3230. The lowest BCUT2D eigenvalue weighted by Gasteiger charge is -2.75. The molecule has 3 aromatic carbocycles. The third-order valence-corrected chi connectivity index (χ3v) is 28.2. The van der Waals surface area contributed by atoms with Gasteiger partial charge in [-0.1, -0.05) is 105 Å². The van der Waals surface area contributed by atoms with Crippen LogP contribution in [0.4, 0.5) is 0 Å². The fraction of sp³-hybridized carbons (Fsp3) is 0.680. The normalized spacial score (nSPS) is 46.3. The number of carbonyl (C=O) groups is 2. The van der Waals surface area contributed by atoms with Crippen molar-refractivity contribution < 1.29 is 39.5 Å². The summed E-state index contributed by atoms with van der Waals surface area (Å²) in [6, 6.07) is 24.6. The van der Waals surface area contributed by atoms with Gasteiger partial charge in [0.25, 0.3) is 0 Å². The maximum absolute atomic E-state index is 15.7. The Kier molecular flexibility index (Phi) is 13.1. The van der Waals surface area contributed by atoms with Gasteiger partial charge in [0.1, 0.15) is 18.0 Å². The quantitative estimate of drug-likeness (QED) is 0.0958. The van der Waals surface area contributed by atoms with Crippen molar-refractivity contribution in [2.24, 2.45) is 92.7 Å². The van der Waals surface area contributed by atoms with Gasteiger partial charge >= 0.3 is 5.97 Å². The molecule has 15 aliphatic rings. The minimum atomic E-state index is -1.74. The molecule has 0 amide bonds. The van der Waals surface area contributed by atoms with Crippen LogP contribution in [0.1, 0.15) is 181 Å². The largest absolute Gasteiger partial charge is 0.454 e. The number of ether oxygens (including phenoxy) is 2. The van der Waals surface area contributed by atoms with E-state index in [9.17, 15) is 15.0 Å². The summed E-state index contributed by atoms with van der Waals surface area (Å²) in [4.78, 5) is 30.0. The fourth-order valence-electron chi connectivity index (χ4n) is 25.1. The Morgan fingerprint density at radius 3 is 2.39 bits per heavy atom. The summed E-state index contributed by atoms with van der Waals surface area (Å²) in [5.74, 6) is 8.24. The number of hydrogen-bond donors (Lipinski definition) is 5. The molecule has 84 heavy (non-hydrogen) atoms. The standard InChI is InChI=1S/C75H93NO8/c1-45(52-12-3-4-13-52)54-18-19-62-68-70-38-50(32-57(70)23-27-83-68)17-16-46-8-5-9-47(28-46)29-48-10-6-11-49(30-48)31-51-20-24-69(37-51)25-21-53-14-7-15-55(41-77)59(53)35-63(76-2)60-34-56-39-74(81)71(42-69,66(56)61-36-65(79)84-67(60)61)26-22-64-72(43-70,44-78)75(62,82)58(33-54)40-73(64,74)80/h5-11,14-15,28,30,36,44-45,50-52,54,56-58,60,62-64,66-68,76-77,80-82H,3-4,12-13,16-20,22-24,26-27,29,31-35,37-43H2,1-2H3/t45-,50-,51-,54-,56-,57+,58+,60-,62-,63+,64+,66+,67+,68+,69+,70+,71-,72-,73-,74+,75-/m0/s1. The lowest BCUT2D eigenvalue weighted by molar-refractivity contribution is -0.364. The lowest BCUT2D eigenvalue weighted by Crippen LogP contribution is -2.83. The monoisotopic (exact) mass is 1140 g/mol. The molecule has 9 nitrogen and oxygen atoms in total. The average molecular weight is 1140 g/mol. The van der Waals surface area contributed by atoms with E-state index in [0.29, 0.717) is 87.1 Å². The van der Waals surface area contributed by atoms with Gasteiger partial charge in [0.15, 0.2) is 0 Å². The second-order valence-electron chi connectivity index (χ2n) is 31.4. The summed E-state index contributed by atoms with van der Waals surface area (Å²) in [5, 5.41) is 60.6. The van der Waals surface area contributed by atoms with Crippen LogP contribution in [0.25, 0.3) is 0 Å². The summed E-state index contributed by atoms with van der Waals surface area (Å²) in [7, 11) is 2.00. The number of aliphatic hydroxyl groups is 4. The molecule has 13 aliphatic carbocycles. The van der Waals surface area contributed by atoms with E-state index in [4.69, 9.17) is 9.47 Å². The number of esters is 1. The number of hydrogen-bond acceptors (Lipinski definition) is 9. The topological polar surface area (TPSA) is 146 Å². The van der Waals surface area contributed by atoms with Crippen LogP contribution >= 0.6 is 0 Å². The van der Waals surface area contributed by atoms with Gasteiger partial charge in [-0.05, 0) is 240 Å². The molecule has 1 saturated heterocycles. The molecule has 21 atom stereocenters. The number of aldehydes is 1. The summed E-state index contributed by atoms with van der Waals surface area (Å²) < 4.78 is 13.9. The zero-order valence-corrected chi connectivity index (χ0v) is 50.2. The summed E-state index contributed by atoms with van der Waals surface area (Å²) in [6.45, 7) is 3.05. The van der Waals surface area contributed by atoms with Crippen molar-refractivity contribution in [3.05, 3.63) is 117 Å². The summed E-state index contributed by atoms with van der Waals surface area (Å²) in [5.41, 5.74) is 1.09. The third-order valence-electron chi connectivity index (χ3n) is 28.2. The van der Waals surface area contributed by atoms with Crippen molar-refractivity contribution in [3.8, 4) is 11.8 Å². The van der Waals surface area contributed by atoms with Crippen LogP contribution in [0, 0.1) is 105 Å². The van der Waals surface area contributed by atoms with Gasteiger partial charge in [-0.15, -0.1) is 0 Å². The fourth-order valence-corrected chi connectivity index (χ4v) is 25.1. The molecule has 3 aromatic rings. The van der Waals surface area contributed by atoms with E-state index >= 15 is 15.0 Å². The molecule has 0 radical (unpaired) electrons. The molecule has 10 fully saturated rings. The number of likely N-dealkylation sites (N-methyl/N-ethyl adjacent to an activating group) is 1. The van der Waals surface area contributed by atoms with Crippen LogP contribution in [0.15, 0.2) is 78.4 Å². The Hall–Kier alpha value is -4.14. The van der Waals surface area contributed by atoms with E-state index in [1.165, 1.54) is 54.2 Å². The first kappa shape index (κ1) is 55.2. The molecule has 18 rings (SSSR count). The summed E-state index contributed by atoms with van der Waals surface area (Å²) in [6.07, 6.45) is 23.2. The van der Waals surface area contributed by atoms with E-state index in [1.54, 1.807) is 6.08 Å². The van der Waals surface area contributed by atoms with Gasteiger partial charge in [-0.2, -0.15) is 0 Å². The van der Waals surface area contributed by atoms with Crippen LogP contribution < -0.4 is 5.32 Å². The Balaban J connectivity index is 0.921. The molecule has 2 aliphatic heterocycles. The molecule has 3 spiro atoms. The van der Waals surface area contributed by atoms with Crippen molar-refractivity contribution in [1.29, 1.82) is 0 Å². The number of aliphatic hydroxyl groups excluding tert-OH is 1. The minimum absolute atomic E-state index is 0.0990. The van der Waals surface area contributed by atoms with Gasteiger partial charge in [0.2, 0.25) is 0 Å². The molecule has 2 heterocycles. The smallest absolute Gasteiger partial charge is 0.331 e. The van der Waals surface area contributed by atoms with Crippen molar-refractivity contribution in [3.63, 3.8) is 0 Å². The van der Waals surface area contributed by atoms with E-state index in [2.05, 4.69) is 78.7 Å². The number of fused-ring (bicyclic) bond motifs is 4. The number of nitrogens with one attached hydrogen (secondary N) is 1. The van der Waals surface area contributed by atoms with E-state index < -0.39 is 51.0 Å². The molecular weight excluding hydrogens is 1040 g/mol. The highest BCUT2D eigenvalue weighted by molar-refractivity contribution is 5.86. The van der Waals surface area contributed by atoms with Crippen LogP contribution in [0.2, 0.25) is 0 Å². The maximum atomic E-state index is 15.7. The summed E-state index contributed by atoms with van der Waals surface area (Å²) >= 11 is 0. The number of carbonyl (C=O) groups excluding carboxylic acids is 2. The second kappa shape index (κ2) is 19.9. The first-order valence-corrected chi connectivity index (χ1v) is 33.9. The minimum Gasteiger partial charge on any atom is -0.454 e. The number of aryl methyl sites for hydroxylation is 1. The zero-order valence-electron chi connectivity index (χ0n) is 50.2. The molecule has 0 aromatic heterocycles. The highest BCUT2D eigenvalue weighted by Crippen LogP contribution is 2.81. The molecule has 15 bridgehead atoms. The highest BCUT2D eigenvalue weighted by Gasteiger charge is 2.85. The molecule has 9 heteroatoms. The maximum Gasteiger partial charge on any atom is 0.331 e. The molecular formula is C75H93NO8. The van der Waals surface area contributed by atoms with Gasteiger partial charge in [-0.3, -0.25) is 0 Å². The van der Waals surface area contributed by atoms with Crippen molar-refractivity contribution >= 4 is 12.3 Å². The third kappa shape index (κ3) is 7.80. The average Bonchev–Trinajstić information content (AvgIpc) is 1.24. The lowest BCUT2D eigenvalue weighted by atomic mass is 9.32. The Morgan fingerprint density at radius 2 is 1.58 bits per heavy atom. The van der Waals surface area contributed by atoms with Crippen LogP contribution in [-0.4, -0.2) is 81.4 Å². The Morgan fingerprint density at radius 1 is 0.786 bits per heavy atom. The number of rotatable bonds is 5. The van der Waals surface area contributed by atoms with Crippen molar-refractivity contribution in [1.82, 2.24) is 5.32 Å². The van der Waals surface area contributed by atoms with Crippen LogP contribution in [-0.2, 0) is 51.4 Å². The van der Waals surface area contributed by atoms with E-state index in [0.717, 1.165) is 106 Å². The zero-order chi connectivity index (χ0) is 57.2. The van der Waals surface area contributed by atoms with Gasteiger partial charge in [0.05, 0.1) is 29.3 Å². The van der Waals surface area contributed by atoms with E-state index in [1.807, 2.05) is 19.2 Å². The molecule has 0 unspecified atom stereocenters. The Labute approximate surface area is 499 Å². The molecule has 446 valence electrons. The van der Waals surface area contributed by atoms with Crippen LogP contribution in [0.5, 0.6) is 0 Å². The SMILES string of the molecule is CN[C@@H]1Cc2c(cccc2CO)C#C[C@@]23CC[C@@H](Cc4cccc(c4)Cc4cccc(c4)CC[C@H]4C[C@H]5CCO[C@@H]6[C@@H]7CC[C@H]([C@@H](C)C8CCCC8)C[C@@H]8C[C@]9(O)[C@H](CC[C@]%10(C2)[C@H]2C%11=CC(=O)O[C@@H]%11[C@H]1C[C@H]2C[C@@]%109O)[C@@](C=O)(C[C@]56C4)[C@]87O)C3. The predicted molar refractivity (Wildman–Crippen MR) is 322 cm³/mol. The highest BCUT2D eigenvalue weighted by atomic mass is 16.5. The predicted octanol–water partition coefficient (Wildman–Crippen LogP) is 11.4. The van der Waals surface area contributed by atoms with Crippen molar-refractivity contribution in [2.75, 3.05) is 13.7 Å².